The van der Waals surface area contributed by atoms with Crippen LogP contribution in [-0.4, -0.2) is 12.5 Å². The average Bonchev–Trinajstić information content (AvgIpc) is 3.07. The Hall–Kier alpha value is -2.16. The summed E-state index contributed by atoms with van der Waals surface area (Å²) >= 11 is 0. The van der Waals surface area contributed by atoms with E-state index in [0.29, 0.717) is 12.1 Å². The molecule has 2 aromatic carbocycles. The number of carbonyl (C=O) groups excluding carboxylic acids is 1. The van der Waals surface area contributed by atoms with Gasteiger partial charge in [0.2, 0.25) is 5.91 Å². The largest absolute Gasteiger partial charge is 0.355 e. The fourth-order valence-electron chi connectivity index (χ4n) is 3.58. The number of benzene rings is 2. The molecule has 0 saturated heterocycles. The maximum atomic E-state index is 14.3. The minimum atomic E-state index is -0.692. The highest BCUT2D eigenvalue weighted by Gasteiger charge is 2.44. The van der Waals surface area contributed by atoms with Crippen LogP contribution >= 0.6 is 0 Å². The number of halogens is 1. The van der Waals surface area contributed by atoms with Crippen molar-refractivity contribution in [2.24, 2.45) is 0 Å². The van der Waals surface area contributed by atoms with Crippen molar-refractivity contribution in [3.63, 3.8) is 0 Å². The zero-order valence-corrected chi connectivity index (χ0v) is 13.2. The number of nitrogens with one attached hydrogen (secondary N) is 1. The smallest absolute Gasteiger partial charge is 0.230 e. The summed E-state index contributed by atoms with van der Waals surface area (Å²) < 4.78 is 14.3. The maximum Gasteiger partial charge on any atom is 0.230 e. The van der Waals surface area contributed by atoms with E-state index in [0.717, 1.165) is 32.1 Å². The van der Waals surface area contributed by atoms with E-state index in [4.69, 9.17) is 0 Å². The predicted octanol–water partition coefficient (Wildman–Crippen LogP) is 4.00. The Balaban J connectivity index is 1.71. The number of hydrogen-bond acceptors (Lipinski definition) is 1. The quantitative estimate of drug-likeness (QED) is 0.888. The van der Waals surface area contributed by atoms with Crippen LogP contribution in [0.5, 0.6) is 0 Å². The Bertz CT molecular complexity index is 662. The molecule has 1 saturated carbocycles. The third-order valence-corrected chi connectivity index (χ3v) is 4.82. The fourth-order valence-corrected chi connectivity index (χ4v) is 3.58. The van der Waals surface area contributed by atoms with E-state index in [1.807, 2.05) is 36.4 Å². The van der Waals surface area contributed by atoms with Crippen LogP contribution in [0.15, 0.2) is 54.6 Å². The van der Waals surface area contributed by atoms with Crippen LogP contribution in [0.2, 0.25) is 0 Å². The summed E-state index contributed by atoms with van der Waals surface area (Å²) in [6.07, 6.45) is 4.19. The SMILES string of the molecule is O=C(NCCc1ccccc1)C1(c2ccccc2F)CCCC1. The highest BCUT2D eigenvalue weighted by Crippen LogP contribution is 2.42. The van der Waals surface area contributed by atoms with Crippen molar-refractivity contribution in [2.45, 2.75) is 37.5 Å². The molecule has 120 valence electrons. The molecule has 1 amide bonds. The van der Waals surface area contributed by atoms with E-state index in [1.165, 1.54) is 11.6 Å². The zero-order valence-electron chi connectivity index (χ0n) is 13.2. The molecule has 0 atom stereocenters. The summed E-state index contributed by atoms with van der Waals surface area (Å²) in [5.74, 6) is -0.302. The molecule has 0 spiro atoms. The van der Waals surface area contributed by atoms with Crippen molar-refractivity contribution >= 4 is 5.91 Å². The Morgan fingerprint density at radius 1 is 1.00 bits per heavy atom. The lowest BCUT2D eigenvalue weighted by molar-refractivity contribution is -0.126. The molecular formula is C20H22FNO. The van der Waals surface area contributed by atoms with E-state index in [2.05, 4.69) is 5.32 Å². The van der Waals surface area contributed by atoms with Crippen molar-refractivity contribution in [1.82, 2.24) is 5.32 Å². The molecule has 0 heterocycles. The second-order valence-electron chi connectivity index (χ2n) is 6.26. The maximum absolute atomic E-state index is 14.3. The van der Waals surface area contributed by atoms with Gasteiger partial charge in [-0.25, -0.2) is 4.39 Å². The van der Waals surface area contributed by atoms with E-state index in [9.17, 15) is 9.18 Å². The van der Waals surface area contributed by atoms with Crippen LogP contribution in [0, 0.1) is 5.82 Å². The monoisotopic (exact) mass is 311 g/mol. The van der Waals surface area contributed by atoms with E-state index in [1.54, 1.807) is 12.1 Å². The van der Waals surface area contributed by atoms with Gasteiger partial charge in [-0.2, -0.15) is 0 Å². The first-order chi connectivity index (χ1) is 11.2. The number of hydrogen-bond donors (Lipinski definition) is 1. The number of rotatable bonds is 5. The predicted molar refractivity (Wildman–Crippen MR) is 89.7 cm³/mol. The molecule has 1 N–H and O–H groups in total. The minimum Gasteiger partial charge on any atom is -0.355 e. The standard InChI is InChI=1S/C20H22FNO/c21-18-11-5-4-10-17(18)20(13-6-7-14-20)19(23)22-15-12-16-8-2-1-3-9-16/h1-5,8-11H,6-7,12-15H2,(H,22,23). The highest BCUT2D eigenvalue weighted by atomic mass is 19.1. The summed E-state index contributed by atoms with van der Waals surface area (Å²) in [4.78, 5) is 12.8. The molecule has 1 aliphatic rings. The summed E-state index contributed by atoms with van der Waals surface area (Å²) in [5, 5.41) is 3.03. The normalized spacial score (nSPS) is 16.2. The third kappa shape index (κ3) is 3.29. The van der Waals surface area contributed by atoms with Crippen molar-refractivity contribution in [3.05, 3.63) is 71.5 Å². The van der Waals surface area contributed by atoms with Gasteiger partial charge in [0.1, 0.15) is 5.82 Å². The topological polar surface area (TPSA) is 29.1 Å². The third-order valence-electron chi connectivity index (χ3n) is 4.82. The molecule has 23 heavy (non-hydrogen) atoms. The van der Waals surface area contributed by atoms with Gasteiger partial charge in [0.05, 0.1) is 5.41 Å². The van der Waals surface area contributed by atoms with Crippen LogP contribution in [0.4, 0.5) is 4.39 Å². The zero-order chi connectivity index (χ0) is 16.1. The second kappa shape index (κ2) is 6.95. The van der Waals surface area contributed by atoms with Gasteiger partial charge in [0.25, 0.3) is 0 Å². The fraction of sp³-hybridized carbons (Fsp3) is 0.350. The molecule has 0 aliphatic heterocycles. The van der Waals surface area contributed by atoms with Crippen LogP contribution in [-0.2, 0) is 16.6 Å². The van der Waals surface area contributed by atoms with E-state index in [-0.39, 0.29) is 11.7 Å². The van der Waals surface area contributed by atoms with Gasteiger partial charge in [0, 0.05) is 12.1 Å². The van der Waals surface area contributed by atoms with E-state index < -0.39 is 5.41 Å². The van der Waals surface area contributed by atoms with Gasteiger partial charge in [0.15, 0.2) is 0 Å². The Labute approximate surface area is 136 Å². The Kier molecular flexibility index (Phi) is 4.75. The molecule has 0 unspecified atom stereocenters. The molecule has 0 bridgehead atoms. The van der Waals surface area contributed by atoms with Crippen LogP contribution in [0.1, 0.15) is 36.8 Å². The van der Waals surface area contributed by atoms with Gasteiger partial charge < -0.3 is 5.32 Å². The number of carbonyl (C=O) groups is 1. The summed E-state index contributed by atoms with van der Waals surface area (Å²) in [6, 6.07) is 16.8. The summed E-state index contributed by atoms with van der Waals surface area (Å²) in [6.45, 7) is 0.582. The van der Waals surface area contributed by atoms with Crippen LogP contribution in [0.3, 0.4) is 0 Å². The van der Waals surface area contributed by atoms with Gasteiger partial charge in [-0.3, -0.25) is 4.79 Å². The lowest BCUT2D eigenvalue weighted by Crippen LogP contribution is -2.43. The summed E-state index contributed by atoms with van der Waals surface area (Å²) in [7, 11) is 0. The van der Waals surface area contributed by atoms with E-state index >= 15 is 0 Å². The molecule has 1 fully saturated rings. The molecule has 2 aromatic rings. The van der Waals surface area contributed by atoms with Crippen LogP contribution in [0.25, 0.3) is 0 Å². The lowest BCUT2D eigenvalue weighted by Gasteiger charge is -2.28. The number of amides is 1. The van der Waals surface area contributed by atoms with Gasteiger partial charge >= 0.3 is 0 Å². The van der Waals surface area contributed by atoms with Gasteiger partial charge in [-0.05, 0) is 30.9 Å². The lowest BCUT2D eigenvalue weighted by atomic mass is 9.77. The van der Waals surface area contributed by atoms with Gasteiger partial charge in [-0.15, -0.1) is 0 Å². The first kappa shape index (κ1) is 15.7. The van der Waals surface area contributed by atoms with Crippen molar-refractivity contribution < 1.29 is 9.18 Å². The molecule has 0 aromatic heterocycles. The minimum absolute atomic E-state index is 0.0315. The average molecular weight is 311 g/mol. The van der Waals surface area contributed by atoms with Crippen molar-refractivity contribution in [2.75, 3.05) is 6.54 Å². The molecule has 2 nitrogen and oxygen atoms in total. The highest BCUT2D eigenvalue weighted by molar-refractivity contribution is 5.88. The molecule has 0 radical (unpaired) electrons. The molecule has 1 aliphatic carbocycles. The molecular weight excluding hydrogens is 289 g/mol. The second-order valence-corrected chi connectivity index (χ2v) is 6.26. The Morgan fingerprint density at radius 3 is 2.35 bits per heavy atom. The summed E-state index contributed by atoms with van der Waals surface area (Å²) in [5.41, 5.74) is 1.05. The van der Waals surface area contributed by atoms with Crippen LogP contribution < -0.4 is 5.32 Å². The Morgan fingerprint density at radius 2 is 1.65 bits per heavy atom. The molecule has 3 rings (SSSR count). The van der Waals surface area contributed by atoms with Crippen molar-refractivity contribution in [3.8, 4) is 0 Å². The van der Waals surface area contributed by atoms with Gasteiger partial charge in [-0.1, -0.05) is 61.4 Å². The molecule has 3 heteroatoms. The first-order valence-electron chi connectivity index (χ1n) is 8.30. The first-order valence-corrected chi connectivity index (χ1v) is 8.30. The van der Waals surface area contributed by atoms with Crippen molar-refractivity contribution in [1.29, 1.82) is 0 Å².